The minimum Gasteiger partial charge on any atom is -0.454 e. The number of hydrogen-bond acceptors (Lipinski definition) is 4. The van der Waals surface area contributed by atoms with Crippen molar-refractivity contribution in [2.24, 2.45) is 5.41 Å². The van der Waals surface area contributed by atoms with Gasteiger partial charge in [0.1, 0.15) is 5.82 Å². The van der Waals surface area contributed by atoms with Crippen molar-refractivity contribution in [3.63, 3.8) is 0 Å². The van der Waals surface area contributed by atoms with Gasteiger partial charge < -0.3 is 14.4 Å². The molecule has 0 N–H and O–H groups in total. The zero-order chi connectivity index (χ0) is 21.3. The number of nitrogens with zero attached hydrogens (tertiary/aromatic N) is 1. The van der Waals surface area contributed by atoms with Gasteiger partial charge in [0.15, 0.2) is 17.3 Å². The Morgan fingerprint density at radius 1 is 1.06 bits per heavy atom. The van der Waals surface area contributed by atoms with Gasteiger partial charge in [-0.1, -0.05) is 26.0 Å². The Balaban J connectivity index is 1.55. The Kier molecular flexibility index (Phi) is 3.89. The van der Waals surface area contributed by atoms with E-state index in [0.29, 0.717) is 6.42 Å². The highest BCUT2D eigenvalue weighted by Crippen LogP contribution is 2.51. The van der Waals surface area contributed by atoms with Crippen LogP contribution in [0.25, 0.3) is 5.70 Å². The Bertz CT molecular complexity index is 1180. The number of ketones is 1. The minimum atomic E-state index is -0.269. The van der Waals surface area contributed by atoms with Crippen LogP contribution in [0.3, 0.4) is 0 Å². The first-order chi connectivity index (χ1) is 14.9. The van der Waals surface area contributed by atoms with Crippen LogP contribution in [0, 0.1) is 11.2 Å². The first-order valence-corrected chi connectivity index (χ1v) is 10.8. The Labute approximate surface area is 181 Å². The van der Waals surface area contributed by atoms with Crippen LogP contribution in [0.2, 0.25) is 0 Å². The van der Waals surface area contributed by atoms with Crippen LogP contribution in [0.5, 0.6) is 11.5 Å². The Hall–Kier alpha value is -3.08. The van der Waals surface area contributed by atoms with Gasteiger partial charge in [-0.3, -0.25) is 4.79 Å². The summed E-state index contributed by atoms with van der Waals surface area (Å²) in [6, 6.07) is 10.7. The van der Waals surface area contributed by atoms with Gasteiger partial charge in [-0.15, -0.1) is 0 Å². The third-order valence-corrected chi connectivity index (χ3v) is 6.86. The summed E-state index contributed by atoms with van der Waals surface area (Å²) in [5.41, 5.74) is 6.33. The van der Waals surface area contributed by atoms with Crippen molar-refractivity contribution < 1.29 is 18.7 Å². The van der Waals surface area contributed by atoms with Crippen LogP contribution < -0.4 is 9.47 Å². The molecule has 3 heterocycles. The maximum absolute atomic E-state index is 13.6. The lowest BCUT2D eigenvalue weighted by atomic mass is 9.69. The zero-order valence-corrected chi connectivity index (χ0v) is 17.7. The molecular weight excluding hydrogens is 393 g/mol. The normalized spacial score (nSPS) is 23.2. The number of halogens is 1. The highest BCUT2D eigenvalue weighted by molar-refractivity contribution is 6.01. The number of hydrogen-bond donors (Lipinski definition) is 0. The van der Waals surface area contributed by atoms with Crippen LogP contribution >= 0.6 is 0 Å². The van der Waals surface area contributed by atoms with Crippen molar-refractivity contribution in [1.82, 2.24) is 4.90 Å². The first kappa shape index (κ1) is 18.7. The molecule has 0 amide bonds. The molecule has 0 unspecified atom stereocenters. The lowest BCUT2D eigenvalue weighted by molar-refractivity contribution is -0.118. The predicted octanol–water partition coefficient (Wildman–Crippen LogP) is 5.19. The van der Waals surface area contributed by atoms with Crippen molar-refractivity contribution in [3.8, 4) is 11.5 Å². The molecule has 3 aliphatic heterocycles. The molecule has 2 aromatic carbocycles. The fourth-order valence-corrected chi connectivity index (χ4v) is 5.46. The lowest BCUT2D eigenvalue weighted by Gasteiger charge is -2.46. The number of Topliss-reactive ketones (excluding diaryl/α,β-unsaturated/α-hetero) is 1. The van der Waals surface area contributed by atoms with Crippen molar-refractivity contribution in [2.45, 2.75) is 39.0 Å². The molecule has 4 nitrogen and oxygen atoms in total. The highest BCUT2D eigenvalue weighted by atomic mass is 19.1. The maximum atomic E-state index is 13.6. The van der Waals surface area contributed by atoms with Crippen LogP contribution in [0.1, 0.15) is 49.3 Å². The second-order valence-electron chi connectivity index (χ2n) is 9.65. The Morgan fingerprint density at radius 3 is 2.58 bits per heavy atom. The molecule has 1 atom stereocenters. The van der Waals surface area contributed by atoms with E-state index < -0.39 is 0 Å². The van der Waals surface area contributed by atoms with E-state index in [9.17, 15) is 9.18 Å². The number of fused-ring (bicyclic) bond motifs is 5. The number of allylic oxidation sites excluding steroid dienone is 3. The van der Waals surface area contributed by atoms with Crippen LogP contribution in [0.15, 0.2) is 53.7 Å². The number of ether oxygens (including phenoxy) is 2. The second-order valence-corrected chi connectivity index (χ2v) is 9.65. The molecule has 4 aliphatic rings. The zero-order valence-electron chi connectivity index (χ0n) is 17.7. The van der Waals surface area contributed by atoms with E-state index in [2.05, 4.69) is 37.0 Å². The highest BCUT2D eigenvalue weighted by Gasteiger charge is 2.42. The maximum Gasteiger partial charge on any atom is 0.231 e. The minimum absolute atomic E-state index is 0.0825. The summed E-state index contributed by atoms with van der Waals surface area (Å²) in [4.78, 5) is 15.7. The van der Waals surface area contributed by atoms with Crippen LogP contribution in [0.4, 0.5) is 4.39 Å². The van der Waals surface area contributed by atoms with E-state index in [-0.39, 0.29) is 29.7 Å². The van der Waals surface area contributed by atoms with Gasteiger partial charge in [-0.05, 0) is 59.7 Å². The van der Waals surface area contributed by atoms with Gasteiger partial charge in [0.2, 0.25) is 6.79 Å². The number of carbonyl (C=O) groups excluding carboxylic acids is 1. The summed E-state index contributed by atoms with van der Waals surface area (Å²) in [6.45, 7) is 5.40. The second kappa shape index (κ2) is 6.46. The molecule has 31 heavy (non-hydrogen) atoms. The van der Waals surface area contributed by atoms with E-state index in [4.69, 9.17) is 9.47 Å². The topological polar surface area (TPSA) is 38.8 Å². The van der Waals surface area contributed by atoms with Crippen molar-refractivity contribution in [1.29, 1.82) is 0 Å². The Morgan fingerprint density at radius 2 is 1.81 bits per heavy atom. The smallest absolute Gasteiger partial charge is 0.231 e. The monoisotopic (exact) mass is 417 g/mol. The van der Waals surface area contributed by atoms with Gasteiger partial charge >= 0.3 is 0 Å². The van der Waals surface area contributed by atoms with Gasteiger partial charge in [0.25, 0.3) is 0 Å². The van der Waals surface area contributed by atoms with Gasteiger partial charge in [-0.2, -0.15) is 0 Å². The van der Waals surface area contributed by atoms with E-state index in [1.807, 2.05) is 0 Å². The summed E-state index contributed by atoms with van der Waals surface area (Å²) in [5, 5.41) is 0. The molecule has 5 heteroatoms. The third kappa shape index (κ3) is 2.90. The summed E-state index contributed by atoms with van der Waals surface area (Å²) >= 11 is 0. The average Bonchev–Trinajstić information content (AvgIpc) is 3.18. The summed E-state index contributed by atoms with van der Waals surface area (Å²) in [7, 11) is 0. The molecule has 158 valence electrons. The SMILES string of the molecule is CC1(C)CC(=O)C2=C(C1)N1CCc3cc4c(cc3C1=C[C@H]2c1ccc(F)cc1)OCO4. The van der Waals surface area contributed by atoms with Crippen LogP contribution in [-0.2, 0) is 11.2 Å². The molecule has 6 rings (SSSR count). The van der Waals surface area contributed by atoms with Gasteiger partial charge in [-0.25, -0.2) is 4.39 Å². The predicted molar refractivity (Wildman–Crippen MR) is 115 cm³/mol. The fourth-order valence-electron chi connectivity index (χ4n) is 5.46. The molecule has 0 aromatic heterocycles. The van der Waals surface area contributed by atoms with E-state index in [1.54, 1.807) is 12.1 Å². The molecule has 0 saturated heterocycles. The third-order valence-electron chi connectivity index (χ3n) is 6.86. The lowest BCUT2D eigenvalue weighted by Crippen LogP contribution is -2.40. The van der Waals surface area contributed by atoms with Gasteiger partial charge in [0.05, 0.1) is 0 Å². The summed E-state index contributed by atoms with van der Waals surface area (Å²) in [6.07, 6.45) is 4.46. The van der Waals surface area contributed by atoms with E-state index in [1.165, 1.54) is 17.7 Å². The first-order valence-electron chi connectivity index (χ1n) is 10.8. The molecule has 0 radical (unpaired) electrons. The molecule has 0 spiro atoms. The quantitative estimate of drug-likeness (QED) is 0.640. The average molecular weight is 417 g/mol. The van der Waals surface area contributed by atoms with E-state index in [0.717, 1.165) is 59.0 Å². The fraction of sp³-hybridized carbons (Fsp3) is 0.346. The van der Waals surface area contributed by atoms with Crippen molar-refractivity contribution in [2.75, 3.05) is 13.3 Å². The number of benzene rings is 2. The molecule has 2 aromatic rings. The van der Waals surface area contributed by atoms with Crippen molar-refractivity contribution >= 4 is 11.5 Å². The number of carbonyl (C=O) groups is 1. The largest absolute Gasteiger partial charge is 0.454 e. The summed E-state index contributed by atoms with van der Waals surface area (Å²) < 4.78 is 24.9. The molecule has 1 aliphatic carbocycles. The summed E-state index contributed by atoms with van der Waals surface area (Å²) in [5.74, 6) is 1.32. The molecule has 0 bridgehead atoms. The molecule has 0 saturated carbocycles. The number of rotatable bonds is 1. The van der Waals surface area contributed by atoms with Crippen molar-refractivity contribution in [3.05, 3.63) is 76.3 Å². The molecule has 0 fully saturated rings. The van der Waals surface area contributed by atoms with Crippen LogP contribution in [-0.4, -0.2) is 24.0 Å². The van der Waals surface area contributed by atoms with E-state index >= 15 is 0 Å². The molecular formula is C26H24FNO3. The van der Waals surface area contributed by atoms with Gasteiger partial charge in [0, 0.05) is 41.4 Å². The standard InChI is InChI=1S/C26H24FNO3/c1-26(2)12-21-25(22(29)13-26)19(15-3-5-17(27)6-4-15)10-20-18-11-24-23(30-14-31-24)9-16(18)7-8-28(20)21/h3-6,9-11,19H,7-8,12-14H2,1-2H3/t19-/m0/s1.